The molecule has 0 spiro atoms. The summed E-state index contributed by atoms with van der Waals surface area (Å²) in [5.41, 5.74) is -0.281. The molecule has 2 aromatic rings. The quantitative estimate of drug-likeness (QED) is 0.539. The molecular weight excluding hydrogens is 372 g/mol. The Balaban J connectivity index is 1.88. The van der Waals surface area contributed by atoms with E-state index in [0.29, 0.717) is 12.8 Å². The van der Waals surface area contributed by atoms with Crippen molar-refractivity contribution in [1.29, 1.82) is 0 Å². The summed E-state index contributed by atoms with van der Waals surface area (Å²) in [5, 5.41) is 21.5. The fourth-order valence-electron chi connectivity index (χ4n) is 2.83. The van der Waals surface area contributed by atoms with Crippen LogP contribution in [0.15, 0.2) is 36.4 Å². The molecule has 27 heavy (non-hydrogen) atoms. The Hall–Kier alpha value is -1.67. The van der Waals surface area contributed by atoms with Gasteiger partial charge in [-0.15, -0.1) is 11.3 Å². The fraction of sp³-hybridized carbons (Fsp3) is 0.450. The molecule has 0 amide bonds. The van der Waals surface area contributed by atoms with E-state index in [0.717, 1.165) is 18.1 Å². The van der Waals surface area contributed by atoms with E-state index in [1.807, 2.05) is 24.3 Å². The lowest BCUT2D eigenvalue weighted by Crippen LogP contribution is -2.58. The average molecular weight is 397 g/mol. The van der Waals surface area contributed by atoms with E-state index in [-0.39, 0.29) is 6.54 Å². The third kappa shape index (κ3) is 5.65. The summed E-state index contributed by atoms with van der Waals surface area (Å²) in [6, 6.07) is 10.8. The summed E-state index contributed by atoms with van der Waals surface area (Å²) < 4.78 is 26.0. The Bertz CT molecular complexity index is 744. The smallest absolute Gasteiger partial charge is 0.268 e. The first-order chi connectivity index (χ1) is 12.8. The van der Waals surface area contributed by atoms with Crippen LogP contribution in [0.25, 0.3) is 10.4 Å². The lowest BCUT2D eigenvalue weighted by molar-refractivity contribution is -0.143. The van der Waals surface area contributed by atoms with Gasteiger partial charge in [-0.1, -0.05) is 24.3 Å². The highest BCUT2D eigenvalue weighted by Gasteiger charge is 2.44. The molecule has 148 valence electrons. The van der Waals surface area contributed by atoms with Gasteiger partial charge in [0.25, 0.3) is 6.43 Å². The van der Waals surface area contributed by atoms with Crippen LogP contribution in [0.4, 0.5) is 8.78 Å². The number of aliphatic hydroxyl groups is 2. The number of halogens is 2. The van der Waals surface area contributed by atoms with Crippen molar-refractivity contribution in [3.63, 3.8) is 0 Å². The highest BCUT2D eigenvalue weighted by molar-refractivity contribution is 7.15. The number of aryl methyl sites for hydroxylation is 2. The first kappa shape index (κ1) is 21.6. The minimum Gasteiger partial charge on any atom is -0.389 e. The second kappa shape index (κ2) is 9.50. The summed E-state index contributed by atoms with van der Waals surface area (Å²) >= 11 is 1.73. The number of hydrogen-bond donors (Lipinski definition) is 3. The van der Waals surface area contributed by atoms with Crippen LogP contribution in [0.1, 0.15) is 23.8 Å². The van der Waals surface area contributed by atoms with Crippen LogP contribution in [0.5, 0.6) is 0 Å². The third-order valence-electron chi connectivity index (χ3n) is 4.47. The van der Waals surface area contributed by atoms with Gasteiger partial charge in [0, 0.05) is 9.75 Å². The zero-order valence-electron chi connectivity index (χ0n) is 15.4. The monoisotopic (exact) mass is 397 g/mol. The Morgan fingerprint density at radius 1 is 1.22 bits per heavy atom. The van der Waals surface area contributed by atoms with E-state index in [4.69, 9.17) is 5.11 Å². The topological polar surface area (TPSA) is 69.6 Å². The van der Waals surface area contributed by atoms with Crippen molar-refractivity contribution in [2.24, 2.45) is 0 Å². The maximum Gasteiger partial charge on any atom is 0.268 e. The normalized spacial score (nSPS) is 14.9. The number of thiophene rings is 1. The maximum atomic E-state index is 13.0. The summed E-state index contributed by atoms with van der Waals surface area (Å²) in [4.78, 5) is 14.2. The average Bonchev–Trinajstić information content (AvgIpc) is 3.07. The molecule has 0 saturated carbocycles. The van der Waals surface area contributed by atoms with Gasteiger partial charge in [-0.25, -0.2) is 8.78 Å². The molecule has 7 heteroatoms. The zero-order chi connectivity index (χ0) is 20.0. The molecule has 0 saturated heterocycles. The molecule has 0 bridgehead atoms. The summed E-state index contributed by atoms with van der Waals surface area (Å²) in [7, 11) is 0. The summed E-state index contributed by atoms with van der Waals surface area (Å²) in [5.74, 6) is -0.851. The number of ketones is 1. The number of benzene rings is 1. The molecule has 1 heterocycles. The van der Waals surface area contributed by atoms with Gasteiger partial charge < -0.3 is 15.5 Å². The number of hydrogen-bond acceptors (Lipinski definition) is 5. The lowest BCUT2D eigenvalue weighted by Gasteiger charge is -2.31. The lowest BCUT2D eigenvalue weighted by atomic mass is 9.93. The van der Waals surface area contributed by atoms with E-state index >= 15 is 0 Å². The molecule has 0 aliphatic rings. The summed E-state index contributed by atoms with van der Waals surface area (Å²) in [6.45, 7) is 2.33. The van der Waals surface area contributed by atoms with E-state index in [1.165, 1.54) is 9.75 Å². The van der Waals surface area contributed by atoms with E-state index in [9.17, 15) is 18.7 Å². The van der Waals surface area contributed by atoms with E-state index in [2.05, 4.69) is 24.4 Å². The van der Waals surface area contributed by atoms with Gasteiger partial charge >= 0.3 is 0 Å². The molecule has 3 N–H and O–H groups in total. The largest absolute Gasteiger partial charge is 0.389 e. The highest BCUT2D eigenvalue weighted by atomic mass is 32.1. The number of Topliss-reactive ketones (excluding diaryl/α,β-unsaturated/α-hetero) is 1. The molecule has 4 nitrogen and oxygen atoms in total. The molecule has 2 atom stereocenters. The first-order valence-electron chi connectivity index (χ1n) is 8.79. The summed E-state index contributed by atoms with van der Waals surface area (Å²) in [6.07, 6.45) is -1.79. The standard InChI is InChI=1S/C20H25F2NO3S/c1-13-5-10-17(27-13)15-8-6-14(7-9-15)4-3-11-23-18(16(25)12-24)20(2,26)19(21)22/h5-10,18-19,23-24,26H,3-4,11-12H2,1-2H3/t18-,20+/m1/s1. The molecule has 1 aromatic carbocycles. The van der Waals surface area contributed by atoms with Crippen LogP contribution in [-0.4, -0.2) is 47.2 Å². The molecular formula is C20H25F2NO3S. The van der Waals surface area contributed by atoms with Gasteiger partial charge in [-0.2, -0.15) is 0 Å². The first-order valence-corrected chi connectivity index (χ1v) is 9.60. The second-order valence-electron chi connectivity index (χ2n) is 6.75. The molecule has 0 fully saturated rings. The minimum absolute atomic E-state index is 0.269. The highest BCUT2D eigenvalue weighted by Crippen LogP contribution is 2.28. The molecule has 1 aromatic heterocycles. The number of nitrogens with one attached hydrogen (secondary N) is 1. The second-order valence-corrected chi connectivity index (χ2v) is 8.04. The van der Waals surface area contributed by atoms with Crippen molar-refractivity contribution < 1.29 is 23.8 Å². The van der Waals surface area contributed by atoms with Gasteiger partial charge in [0.2, 0.25) is 0 Å². The number of aliphatic hydroxyl groups excluding tert-OH is 1. The Labute approximate surface area is 161 Å². The van der Waals surface area contributed by atoms with Crippen molar-refractivity contribution in [2.45, 2.75) is 44.8 Å². The van der Waals surface area contributed by atoms with E-state index < -0.39 is 30.5 Å². The molecule has 0 aliphatic carbocycles. The maximum absolute atomic E-state index is 13.0. The van der Waals surface area contributed by atoms with E-state index in [1.54, 1.807) is 11.3 Å². The predicted molar refractivity (Wildman–Crippen MR) is 103 cm³/mol. The Morgan fingerprint density at radius 2 is 1.89 bits per heavy atom. The molecule has 0 aliphatic heterocycles. The van der Waals surface area contributed by atoms with Crippen LogP contribution in [0.3, 0.4) is 0 Å². The van der Waals surface area contributed by atoms with Crippen LogP contribution >= 0.6 is 11.3 Å². The number of carbonyl (C=O) groups excluding carboxylic acids is 1. The zero-order valence-corrected chi connectivity index (χ0v) is 16.2. The third-order valence-corrected chi connectivity index (χ3v) is 5.52. The van der Waals surface area contributed by atoms with Gasteiger partial charge in [-0.3, -0.25) is 4.79 Å². The van der Waals surface area contributed by atoms with Gasteiger partial charge in [0.1, 0.15) is 18.2 Å². The van der Waals surface area contributed by atoms with Crippen LogP contribution in [-0.2, 0) is 11.2 Å². The number of rotatable bonds is 10. The predicted octanol–water partition coefficient (Wildman–Crippen LogP) is 3.19. The van der Waals surface area contributed by atoms with Crippen LogP contribution in [0.2, 0.25) is 0 Å². The number of alkyl halides is 2. The van der Waals surface area contributed by atoms with Crippen molar-refractivity contribution >= 4 is 17.1 Å². The van der Waals surface area contributed by atoms with Crippen LogP contribution in [0, 0.1) is 6.92 Å². The van der Waals surface area contributed by atoms with Crippen molar-refractivity contribution in [3.05, 3.63) is 46.8 Å². The van der Waals surface area contributed by atoms with Gasteiger partial charge in [0.05, 0.1) is 0 Å². The molecule has 2 rings (SSSR count). The molecule has 0 radical (unpaired) electrons. The SMILES string of the molecule is Cc1ccc(-c2ccc(CCCN[C@H](C(=O)CO)[C@](C)(O)C(F)F)cc2)s1. The van der Waals surface area contributed by atoms with Gasteiger partial charge in [0.15, 0.2) is 5.78 Å². The fourth-order valence-corrected chi connectivity index (χ4v) is 3.70. The van der Waals surface area contributed by atoms with Crippen LogP contribution < -0.4 is 5.32 Å². The number of carbonyl (C=O) groups is 1. The van der Waals surface area contributed by atoms with Gasteiger partial charge in [-0.05, 0) is 56.5 Å². The molecule has 0 unspecified atom stereocenters. The van der Waals surface area contributed by atoms with Crippen molar-refractivity contribution in [1.82, 2.24) is 5.32 Å². The van der Waals surface area contributed by atoms with Crippen molar-refractivity contribution in [3.8, 4) is 10.4 Å². The Kier molecular flexibility index (Phi) is 7.61. The Morgan fingerprint density at radius 3 is 2.41 bits per heavy atom. The van der Waals surface area contributed by atoms with Crippen molar-refractivity contribution in [2.75, 3.05) is 13.2 Å². The minimum atomic E-state index is -3.10.